The molecule has 1 heterocycles. The molecule has 8 heteroatoms. The third kappa shape index (κ3) is 6.45. The van der Waals surface area contributed by atoms with Gasteiger partial charge in [0.1, 0.15) is 5.75 Å². The van der Waals surface area contributed by atoms with Gasteiger partial charge < -0.3 is 15.0 Å². The number of benzene rings is 1. The molecule has 0 bridgehead atoms. The van der Waals surface area contributed by atoms with Crippen LogP contribution in [0.1, 0.15) is 12.0 Å². The number of carbonyl (C=O) groups is 1. The second kappa shape index (κ2) is 8.42. The van der Waals surface area contributed by atoms with Crippen molar-refractivity contribution >= 4 is 6.03 Å². The Morgan fingerprint density at radius 1 is 1.36 bits per heavy atom. The monoisotopic (exact) mass is 359 g/mol. The molecule has 1 atom stereocenters. The first-order chi connectivity index (χ1) is 11.8. The molecule has 1 aromatic carbocycles. The molecule has 1 fully saturated rings. The lowest BCUT2D eigenvalue weighted by molar-refractivity contribution is -0.143. The molecule has 1 N–H and O–H groups in total. The van der Waals surface area contributed by atoms with Crippen molar-refractivity contribution in [2.45, 2.75) is 19.1 Å². The molecule has 1 aliphatic rings. The largest absolute Gasteiger partial charge is 0.497 e. The lowest BCUT2D eigenvalue weighted by Crippen LogP contribution is -2.40. The van der Waals surface area contributed by atoms with E-state index in [4.69, 9.17) is 4.74 Å². The van der Waals surface area contributed by atoms with E-state index in [-0.39, 0.29) is 11.9 Å². The van der Waals surface area contributed by atoms with E-state index in [1.165, 1.54) is 4.90 Å². The summed E-state index contributed by atoms with van der Waals surface area (Å²) in [6, 6.07) is 7.19. The maximum atomic E-state index is 12.4. The first-order valence-corrected chi connectivity index (χ1v) is 8.18. The van der Waals surface area contributed by atoms with Crippen molar-refractivity contribution in [2.24, 2.45) is 5.92 Å². The number of methoxy groups -OCH3 is 1. The number of carbonyl (C=O) groups excluding carboxylic acids is 1. The van der Waals surface area contributed by atoms with Crippen LogP contribution in [-0.2, 0) is 6.54 Å². The fourth-order valence-electron chi connectivity index (χ4n) is 2.92. The molecular weight excluding hydrogens is 335 g/mol. The van der Waals surface area contributed by atoms with Gasteiger partial charge in [-0.2, -0.15) is 13.2 Å². The Morgan fingerprint density at radius 2 is 2.04 bits per heavy atom. The smallest absolute Gasteiger partial charge is 0.401 e. The number of halogens is 3. The van der Waals surface area contributed by atoms with Crippen molar-refractivity contribution < 1.29 is 22.7 Å². The molecule has 2 rings (SSSR count). The van der Waals surface area contributed by atoms with Crippen molar-refractivity contribution in [3.05, 3.63) is 29.8 Å². The van der Waals surface area contributed by atoms with E-state index in [0.717, 1.165) is 11.3 Å². The Kier molecular flexibility index (Phi) is 6.52. The summed E-state index contributed by atoms with van der Waals surface area (Å²) >= 11 is 0. The molecule has 2 amide bonds. The molecule has 0 saturated carbocycles. The summed E-state index contributed by atoms with van der Waals surface area (Å²) < 4.78 is 42.2. The molecule has 5 nitrogen and oxygen atoms in total. The first kappa shape index (κ1) is 19.4. The van der Waals surface area contributed by atoms with E-state index in [1.54, 1.807) is 19.1 Å². The maximum absolute atomic E-state index is 12.4. The summed E-state index contributed by atoms with van der Waals surface area (Å²) in [5, 5.41) is 2.80. The van der Waals surface area contributed by atoms with Crippen molar-refractivity contribution in [1.82, 2.24) is 15.1 Å². The van der Waals surface area contributed by atoms with Crippen LogP contribution in [0, 0.1) is 5.92 Å². The number of hydrogen-bond donors (Lipinski definition) is 1. The minimum Gasteiger partial charge on any atom is -0.497 e. The SMILES string of the molecule is COc1ccc(CN(C)C(=O)NCC2CCN(CC(F)(F)F)C2)cc1. The summed E-state index contributed by atoms with van der Waals surface area (Å²) in [6.07, 6.45) is -3.50. The fourth-order valence-corrected chi connectivity index (χ4v) is 2.92. The van der Waals surface area contributed by atoms with Crippen LogP contribution in [0.15, 0.2) is 24.3 Å². The maximum Gasteiger partial charge on any atom is 0.401 e. The topological polar surface area (TPSA) is 44.8 Å². The van der Waals surface area contributed by atoms with Crippen LogP contribution in [0.2, 0.25) is 0 Å². The summed E-state index contributed by atoms with van der Waals surface area (Å²) in [5.74, 6) is 0.807. The van der Waals surface area contributed by atoms with Crippen LogP contribution in [0.5, 0.6) is 5.75 Å². The highest BCUT2D eigenvalue weighted by Gasteiger charge is 2.34. The molecule has 25 heavy (non-hydrogen) atoms. The van der Waals surface area contributed by atoms with E-state index in [1.807, 2.05) is 24.3 Å². The van der Waals surface area contributed by atoms with E-state index in [9.17, 15) is 18.0 Å². The number of ether oxygens (including phenoxy) is 1. The molecule has 0 radical (unpaired) electrons. The quantitative estimate of drug-likeness (QED) is 0.849. The van der Waals surface area contributed by atoms with Crippen LogP contribution in [0.25, 0.3) is 0 Å². The Morgan fingerprint density at radius 3 is 2.64 bits per heavy atom. The molecule has 0 spiro atoms. The Labute approximate surface area is 145 Å². The van der Waals surface area contributed by atoms with Crippen molar-refractivity contribution in [3.63, 3.8) is 0 Å². The number of hydrogen-bond acceptors (Lipinski definition) is 3. The van der Waals surface area contributed by atoms with Gasteiger partial charge in [0.15, 0.2) is 0 Å². The molecule has 1 saturated heterocycles. The van der Waals surface area contributed by atoms with Gasteiger partial charge in [0.05, 0.1) is 13.7 Å². The summed E-state index contributed by atoms with van der Waals surface area (Å²) in [6.45, 7) is 0.735. The van der Waals surface area contributed by atoms with Crippen LogP contribution in [0.3, 0.4) is 0 Å². The van der Waals surface area contributed by atoms with E-state index >= 15 is 0 Å². The Balaban J connectivity index is 1.72. The molecule has 1 unspecified atom stereocenters. The van der Waals surface area contributed by atoms with Gasteiger partial charge >= 0.3 is 12.2 Å². The van der Waals surface area contributed by atoms with E-state index in [2.05, 4.69) is 5.32 Å². The second-order valence-corrected chi connectivity index (χ2v) is 6.40. The van der Waals surface area contributed by atoms with Gasteiger partial charge in [0.2, 0.25) is 0 Å². The summed E-state index contributed by atoms with van der Waals surface area (Å²) in [4.78, 5) is 15.1. The molecule has 1 aromatic rings. The van der Waals surface area contributed by atoms with Crippen molar-refractivity contribution in [2.75, 3.05) is 40.3 Å². The third-order valence-electron chi connectivity index (χ3n) is 4.24. The number of urea groups is 1. The molecule has 140 valence electrons. The predicted molar refractivity (Wildman–Crippen MR) is 88.5 cm³/mol. The zero-order chi connectivity index (χ0) is 18.4. The van der Waals surface area contributed by atoms with Crippen LogP contribution < -0.4 is 10.1 Å². The molecule has 1 aliphatic heterocycles. The van der Waals surface area contributed by atoms with Crippen LogP contribution in [-0.4, -0.2) is 62.3 Å². The minimum absolute atomic E-state index is 0.0562. The number of alkyl halides is 3. The Hall–Kier alpha value is -1.96. The van der Waals surface area contributed by atoms with E-state index in [0.29, 0.717) is 32.6 Å². The van der Waals surface area contributed by atoms with Gasteiger partial charge in [0.25, 0.3) is 0 Å². The summed E-state index contributed by atoms with van der Waals surface area (Å²) in [5.41, 5.74) is 0.968. The lowest BCUT2D eigenvalue weighted by atomic mass is 10.1. The average molecular weight is 359 g/mol. The van der Waals surface area contributed by atoms with Gasteiger partial charge in [-0.05, 0) is 36.6 Å². The number of nitrogens with zero attached hydrogens (tertiary/aromatic N) is 2. The van der Waals surface area contributed by atoms with Gasteiger partial charge in [0, 0.05) is 26.7 Å². The molecule has 0 aliphatic carbocycles. The zero-order valence-corrected chi connectivity index (χ0v) is 14.5. The highest BCUT2D eigenvalue weighted by molar-refractivity contribution is 5.73. The van der Waals surface area contributed by atoms with Crippen molar-refractivity contribution in [3.8, 4) is 5.75 Å². The predicted octanol–water partition coefficient (Wildman–Crippen LogP) is 2.72. The number of amides is 2. The van der Waals surface area contributed by atoms with Crippen LogP contribution >= 0.6 is 0 Å². The molecular formula is C17H24F3N3O2. The minimum atomic E-state index is -4.17. The van der Waals surface area contributed by atoms with E-state index < -0.39 is 12.7 Å². The Bertz CT molecular complexity index is 563. The second-order valence-electron chi connectivity index (χ2n) is 6.40. The highest BCUT2D eigenvalue weighted by Crippen LogP contribution is 2.22. The first-order valence-electron chi connectivity index (χ1n) is 8.18. The summed E-state index contributed by atoms with van der Waals surface area (Å²) in [7, 11) is 3.28. The lowest BCUT2D eigenvalue weighted by Gasteiger charge is -2.20. The average Bonchev–Trinajstić information content (AvgIpc) is 2.98. The van der Waals surface area contributed by atoms with Gasteiger partial charge in [-0.1, -0.05) is 12.1 Å². The van der Waals surface area contributed by atoms with Gasteiger partial charge in [-0.3, -0.25) is 4.90 Å². The number of nitrogens with one attached hydrogen (secondary N) is 1. The van der Waals surface area contributed by atoms with Gasteiger partial charge in [-0.25, -0.2) is 4.79 Å². The number of rotatable bonds is 6. The van der Waals surface area contributed by atoms with Crippen molar-refractivity contribution in [1.29, 1.82) is 0 Å². The normalized spacial score (nSPS) is 18.2. The van der Waals surface area contributed by atoms with Gasteiger partial charge in [-0.15, -0.1) is 0 Å². The zero-order valence-electron chi connectivity index (χ0n) is 14.5. The standard InChI is InChI=1S/C17H24F3N3O2/c1-22(10-13-3-5-15(25-2)6-4-13)16(24)21-9-14-7-8-23(11-14)12-17(18,19)20/h3-6,14H,7-12H2,1-2H3,(H,21,24). The third-order valence-corrected chi connectivity index (χ3v) is 4.24. The van der Waals surface area contributed by atoms with Crippen LogP contribution in [0.4, 0.5) is 18.0 Å². The molecule has 0 aromatic heterocycles. The fraction of sp³-hybridized carbons (Fsp3) is 0.588. The number of likely N-dealkylation sites (tertiary alicyclic amines) is 1. The highest BCUT2D eigenvalue weighted by atomic mass is 19.4.